The van der Waals surface area contributed by atoms with Gasteiger partial charge in [0.25, 0.3) is 0 Å². The third-order valence-electron chi connectivity index (χ3n) is 1.07. The fourth-order valence-electron chi connectivity index (χ4n) is 0.610. The van der Waals surface area contributed by atoms with E-state index in [0.29, 0.717) is 0 Å². The molecule has 2 N–H and O–H groups in total. The SMILES string of the molecule is NS(=O)(=O)c1ccccc1.[Li+]. The van der Waals surface area contributed by atoms with Crippen LogP contribution < -0.4 is 24.0 Å². The summed E-state index contributed by atoms with van der Waals surface area (Å²) in [4.78, 5) is 0.148. The van der Waals surface area contributed by atoms with Crippen molar-refractivity contribution in [1.29, 1.82) is 0 Å². The summed E-state index contributed by atoms with van der Waals surface area (Å²) in [6.45, 7) is 0. The van der Waals surface area contributed by atoms with Gasteiger partial charge in [0.05, 0.1) is 4.90 Å². The molecule has 0 radical (unpaired) electrons. The summed E-state index contributed by atoms with van der Waals surface area (Å²) in [7, 11) is -3.50. The van der Waals surface area contributed by atoms with Gasteiger partial charge in [-0.25, -0.2) is 13.6 Å². The minimum absolute atomic E-state index is 0. The second kappa shape index (κ2) is 3.93. The smallest absolute Gasteiger partial charge is 0.225 e. The molecule has 1 aromatic carbocycles. The van der Waals surface area contributed by atoms with E-state index in [1.54, 1.807) is 18.2 Å². The van der Waals surface area contributed by atoms with Crippen LogP contribution in [0.15, 0.2) is 35.2 Å². The molecule has 0 saturated carbocycles. The number of hydrogen-bond acceptors (Lipinski definition) is 2. The minimum Gasteiger partial charge on any atom is -0.225 e. The summed E-state index contributed by atoms with van der Waals surface area (Å²) < 4.78 is 21.2. The molecule has 0 aliphatic heterocycles. The maximum atomic E-state index is 10.6. The van der Waals surface area contributed by atoms with Crippen LogP contribution in [0.3, 0.4) is 0 Å². The molecule has 0 heterocycles. The molecule has 3 nitrogen and oxygen atoms in total. The van der Waals surface area contributed by atoms with Crippen molar-refractivity contribution in [3.8, 4) is 0 Å². The molecule has 0 spiro atoms. The first-order valence-electron chi connectivity index (χ1n) is 2.68. The molecule has 0 aliphatic rings. The van der Waals surface area contributed by atoms with E-state index in [2.05, 4.69) is 0 Å². The largest absolute Gasteiger partial charge is 1.00 e. The zero-order valence-corrected chi connectivity index (χ0v) is 7.01. The number of hydrogen-bond donors (Lipinski definition) is 1. The molecule has 0 fully saturated rings. The molecule has 11 heavy (non-hydrogen) atoms. The summed E-state index contributed by atoms with van der Waals surface area (Å²) in [6.07, 6.45) is 0. The van der Waals surface area contributed by atoms with Crippen LogP contribution in [0.1, 0.15) is 0 Å². The molecule has 0 amide bonds. The van der Waals surface area contributed by atoms with Gasteiger partial charge in [-0.2, -0.15) is 0 Å². The third kappa shape index (κ3) is 3.08. The number of benzene rings is 1. The maximum Gasteiger partial charge on any atom is 1.00 e. The van der Waals surface area contributed by atoms with E-state index in [9.17, 15) is 8.42 Å². The van der Waals surface area contributed by atoms with Gasteiger partial charge in [0.1, 0.15) is 0 Å². The molecule has 0 bridgehead atoms. The van der Waals surface area contributed by atoms with Gasteiger partial charge >= 0.3 is 18.9 Å². The molecule has 5 heteroatoms. The summed E-state index contributed by atoms with van der Waals surface area (Å²) >= 11 is 0. The normalized spacial score (nSPS) is 10.3. The minimum atomic E-state index is -3.50. The van der Waals surface area contributed by atoms with Crippen LogP contribution in [0.5, 0.6) is 0 Å². The number of sulfonamides is 1. The van der Waals surface area contributed by atoms with Crippen LogP contribution in [-0.4, -0.2) is 8.42 Å². The molecule has 1 aromatic rings. The van der Waals surface area contributed by atoms with Crippen LogP contribution in [-0.2, 0) is 10.0 Å². The Kier molecular flexibility index (Phi) is 3.83. The predicted octanol–water partition coefficient (Wildman–Crippen LogP) is -2.66. The average Bonchev–Trinajstić information content (AvgIpc) is 1.88. The molecule has 0 aliphatic carbocycles. The van der Waals surface area contributed by atoms with Gasteiger partial charge in [0, 0.05) is 0 Å². The summed E-state index contributed by atoms with van der Waals surface area (Å²) in [6, 6.07) is 7.89. The Balaban J connectivity index is 0.000001000. The Bertz CT molecular complexity index is 309. The van der Waals surface area contributed by atoms with Crippen molar-refractivity contribution in [2.45, 2.75) is 4.90 Å². The first-order valence-corrected chi connectivity index (χ1v) is 4.23. The monoisotopic (exact) mass is 164 g/mol. The predicted molar refractivity (Wildman–Crippen MR) is 37.8 cm³/mol. The molecule has 54 valence electrons. The zero-order valence-electron chi connectivity index (χ0n) is 6.19. The van der Waals surface area contributed by atoms with Gasteiger partial charge in [-0.05, 0) is 12.1 Å². The Morgan fingerprint density at radius 1 is 1.09 bits per heavy atom. The number of rotatable bonds is 1. The Hall–Kier alpha value is -0.273. The molecule has 0 atom stereocenters. The molecular weight excluding hydrogens is 157 g/mol. The number of nitrogens with two attached hydrogens (primary N) is 1. The Labute approximate surface area is 77.8 Å². The molecule has 0 aromatic heterocycles. The van der Waals surface area contributed by atoms with E-state index in [4.69, 9.17) is 5.14 Å². The average molecular weight is 164 g/mol. The Morgan fingerprint density at radius 3 is 1.82 bits per heavy atom. The van der Waals surface area contributed by atoms with E-state index in [0.717, 1.165) is 0 Å². The fraction of sp³-hybridized carbons (Fsp3) is 0. The van der Waals surface area contributed by atoms with Crippen LogP contribution in [0.2, 0.25) is 0 Å². The van der Waals surface area contributed by atoms with Crippen LogP contribution >= 0.6 is 0 Å². The third-order valence-corrected chi connectivity index (χ3v) is 2.00. The summed E-state index contributed by atoms with van der Waals surface area (Å²) in [5, 5.41) is 4.83. The van der Waals surface area contributed by atoms with Gasteiger partial charge < -0.3 is 0 Å². The van der Waals surface area contributed by atoms with E-state index in [1.165, 1.54) is 12.1 Å². The molecular formula is C6H7LiNO2S+. The van der Waals surface area contributed by atoms with Gasteiger partial charge in [-0.15, -0.1) is 0 Å². The van der Waals surface area contributed by atoms with Gasteiger partial charge in [-0.1, -0.05) is 18.2 Å². The van der Waals surface area contributed by atoms with Crippen molar-refractivity contribution < 1.29 is 27.3 Å². The van der Waals surface area contributed by atoms with Crippen molar-refractivity contribution in [3.63, 3.8) is 0 Å². The van der Waals surface area contributed by atoms with Crippen molar-refractivity contribution in [2.24, 2.45) is 5.14 Å². The van der Waals surface area contributed by atoms with Crippen LogP contribution in [0.4, 0.5) is 0 Å². The first kappa shape index (κ1) is 10.7. The Morgan fingerprint density at radius 2 is 1.55 bits per heavy atom. The van der Waals surface area contributed by atoms with Crippen molar-refractivity contribution in [3.05, 3.63) is 30.3 Å². The van der Waals surface area contributed by atoms with E-state index in [-0.39, 0.29) is 23.8 Å². The van der Waals surface area contributed by atoms with E-state index < -0.39 is 10.0 Å². The summed E-state index contributed by atoms with van der Waals surface area (Å²) in [5.41, 5.74) is 0. The van der Waals surface area contributed by atoms with E-state index >= 15 is 0 Å². The van der Waals surface area contributed by atoms with E-state index in [1.807, 2.05) is 0 Å². The van der Waals surface area contributed by atoms with Crippen LogP contribution in [0.25, 0.3) is 0 Å². The van der Waals surface area contributed by atoms with Gasteiger partial charge in [-0.3, -0.25) is 0 Å². The van der Waals surface area contributed by atoms with Gasteiger partial charge in [0.15, 0.2) is 0 Å². The maximum absolute atomic E-state index is 10.6. The van der Waals surface area contributed by atoms with Crippen LogP contribution in [0, 0.1) is 0 Å². The second-order valence-electron chi connectivity index (χ2n) is 1.86. The second-order valence-corrected chi connectivity index (χ2v) is 3.42. The molecule has 0 unspecified atom stereocenters. The van der Waals surface area contributed by atoms with Crippen molar-refractivity contribution in [1.82, 2.24) is 0 Å². The van der Waals surface area contributed by atoms with Crippen molar-refractivity contribution >= 4 is 10.0 Å². The standard InChI is InChI=1S/C6H7NO2S.Li/c7-10(8,9)6-4-2-1-3-5-6;/h1-5H,(H2,7,8,9);/q;+1. The quantitative estimate of drug-likeness (QED) is 0.460. The molecule has 1 rings (SSSR count). The summed E-state index contributed by atoms with van der Waals surface area (Å²) in [5.74, 6) is 0. The van der Waals surface area contributed by atoms with Crippen molar-refractivity contribution in [2.75, 3.05) is 0 Å². The van der Waals surface area contributed by atoms with Gasteiger partial charge in [0.2, 0.25) is 10.0 Å². The first-order chi connectivity index (χ1) is 4.61. The fourth-order valence-corrected chi connectivity index (χ4v) is 1.15. The topological polar surface area (TPSA) is 60.2 Å². The molecule has 0 saturated heterocycles. The zero-order chi connectivity index (χ0) is 7.61. The number of primary sulfonamides is 1.